The van der Waals surface area contributed by atoms with E-state index in [-0.39, 0.29) is 0 Å². The number of aromatic nitrogens is 3. The molecule has 0 aliphatic carbocycles. The first kappa shape index (κ1) is 18.2. The largest absolute Gasteiger partial charge is 0.354 e. The molecule has 5 rings (SSSR count). The molecule has 0 aliphatic heterocycles. The lowest BCUT2D eigenvalue weighted by Gasteiger charge is -2.14. The van der Waals surface area contributed by atoms with E-state index in [1.165, 1.54) is 0 Å². The van der Waals surface area contributed by atoms with E-state index in [0.29, 0.717) is 10.0 Å². The van der Waals surface area contributed by atoms with Gasteiger partial charge in [0.15, 0.2) is 0 Å². The first-order valence-corrected chi connectivity index (χ1v) is 10.3. The van der Waals surface area contributed by atoms with Gasteiger partial charge in [0.2, 0.25) is 0 Å². The van der Waals surface area contributed by atoms with Crippen LogP contribution in [0.15, 0.2) is 60.9 Å². The van der Waals surface area contributed by atoms with Crippen molar-refractivity contribution in [1.29, 1.82) is 0 Å². The Kier molecular flexibility index (Phi) is 4.53. The molecule has 0 aliphatic rings. The molecule has 0 radical (unpaired) electrons. The highest BCUT2D eigenvalue weighted by Crippen LogP contribution is 2.38. The second-order valence-corrected chi connectivity index (χ2v) is 7.92. The molecule has 4 nitrogen and oxygen atoms in total. The Bertz CT molecular complexity index is 1360. The maximum absolute atomic E-state index is 6.24. The topological polar surface area (TPSA) is 42.7 Å². The van der Waals surface area contributed by atoms with Gasteiger partial charge in [-0.1, -0.05) is 30.1 Å². The molecule has 144 valence electrons. The number of fused-ring (bicyclic) bond motifs is 4. The van der Waals surface area contributed by atoms with Gasteiger partial charge < -0.3 is 9.88 Å². The van der Waals surface area contributed by atoms with Gasteiger partial charge in [-0.2, -0.15) is 0 Å². The van der Waals surface area contributed by atoms with Gasteiger partial charge in [0.1, 0.15) is 0 Å². The maximum atomic E-state index is 6.24. The third kappa shape index (κ3) is 3.18. The van der Waals surface area contributed by atoms with Gasteiger partial charge in [0.05, 0.1) is 39.5 Å². The number of imidazole rings is 1. The van der Waals surface area contributed by atoms with Crippen LogP contribution >= 0.6 is 23.2 Å². The van der Waals surface area contributed by atoms with E-state index in [9.17, 15) is 0 Å². The predicted octanol–water partition coefficient (Wildman–Crippen LogP) is 7.20. The second kappa shape index (κ2) is 7.21. The van der Waals surface area contributed by atoms with Gasteiger partial charge in [-0.3, -0.25) is 0 Å². The molecule has 29 heavy (non-hydrogen) atoms. The van der Waals surface area contributed by atoms with Crippen molar-refractivity contribution in [2.45, 2.75) is 19.9 Å². The number of pyridine rings is 1. The van der Waals surface area contributed by atoms with Crippen molar-refractivity contribution in [2.24, 2.45) is 0 Å². The van der Waals surface area contributed by atoms with Crippen LogP contribution in [0.1, 0.15) is 13.3 Å². The molecule has 0 spiro atoms. The SMILES string of the molecule is CCCn1cnc2c3c(Nc4ccc(Cl)cc4)c4ccc(Cl)cc4nc3ccc21. The van der Waals surface area contributed by atoms with Gasteiger partial charge in [-0.15, -0.1) is 0 Å². The summed E-state index contributed by atoms with van der Waals surface area (Å²) in [6, 6.07) is 17.6. The van der Waals surface area contributed by atoms with Gasteiger partial charge in [0, 0.05) is 27.7 Å². The molecular formula is C23H18Cl2N4. The minimum atomic E-state index is 0.662. The fourth-order valence-electron chi connectivity index (χ4n) is 3.76. The average molecular weight is 421 g/mol. The van der Waals surface area contributed by atoms with E-state index in [1.807, 2.05) is 48.8 Å². The van der Waals surface area contributed by atoms with Crippen molar-refractivity contribution < 1.29 is 0 Å². The van der Waals surface area contributed by atoms with E-state index in [2.05, 4.69) is 28.9 Å². The molecular weight excluding hydrogens is 403 g/mol. The number of halogens is 2. The Labute approximate surface area is 178 Å². The van der Waals surface area contributed by atoms with Crippen LogP contribution < -0.4 is 5.32 Å². The first-order valence-electron chi connectivity index (χ1n) is 9.53. The summed E-state index contributed by atoms with van der Waals surface area (Å²) in [5.74, 6) is 0. The number of hydrogen-bond acceptors (Lipinski definition) is 3. The minimum absolute atomic E-state index is 0.662. The second-order valence-electron chi connectivity index (χ2n) is 7.05. The lowest BCUT2D eigenvalue weighted by Crippen LogP contribution is -1.97. The van der Waals surface area contributed by atoms with E-state index in [1.54, 1.807) is 0 Å². The number of benzene rings is 3. The number of nitrogens with one attached hydrogen (secondary N) is 1. The Morgan fingerprint density at radius 3 is 2.52 bits per heavy atom. The third-order valence-electron chi connectivity index (χ3n) is 5.07. The Morgan fingerprint density at radius 2 is 1.72 bits per heavy atom. The highest BCUT2D eigenvalue weighted by atomic mass is 35.5. The van der Waals surface area contributed by atoms with E-state index in [0.717, 1.165) is 57.2 Å². The Morgan fingerprint density at radius 1 is 0.931 bits per heavy atom. The lowest BCUT2D eigenvalue weighted by molar-refractivity contribution is 0.697. The fraction of sp³-hybridized carbons (Fsp3) is 0.130. The Hall–Kier alpha value is -2.82. The van der Waals surface area contributed by atoms with Gasteiger partial charge >= 0.3 is 0 Å². The molecule has 0 amide bonds. The van der Waals surface area contributed by atoms with Crippen LogP contribution in [-0.4, -0.2) is 14.5 Å². The number of rotatable bonds is 4. The molecule has 0 saturated heterocycles. The summed E-state index contributed by atoms with van der Waals surface area (Å²) in [5, 5.41) is 6.94. The van der Waals surface area contributed by atoms with Gasteiger partial charge in [-0.05, 0) is 61.0 Å². The summed E-state index contributed by atoms with van der Waals surface area (Å²) in [7, 11) is 0. The molecule has 5 aromatic rings. The monoisotopic (exact) mass is 420 g/mol. The first-order chi connectivity index (χ1) is 14.1. The zero-order valence-electron chi connectivity index (χ0n) is 15.8. The molecule has 0 fully saturated rings. The predicted molar refractivity (Wildman–Crippen MR) is 123 cm³/mol. The van der Waals surface area contributed by atoms with Crippen LogP contribution in [-0.2, 0) is 6.54 Å². The molecule has 3 aromatic carbocycles. The standard InChI is InChI=1S/C23H18Cl2N4/c1-2-11-29-13-26-23-20(29)10-9-18-21(23)22(27-16-6-3-14(24)4-7-16)17-8-5-15(25)12-19(17)28-18/h3-10,12-13H,2,11H2,1H3,(H,27,28). The molecule has 0 atom stereocenters. The molecule has 0 saturated carbocycles. The van der Waals surface area contributed by atoms with Crippen LogP contribution in [0.25, 0.3) is 32.8 Å². The van der Waals surface area contributed by atoms with Crippen molar-refractivity contribution in [3.63, 3.8) is 0 Å². The highest BCUT2D eigenvalue weighted by Gasteiger charge is 2.16. The van der Waals surface area contributed by atoms with Crippen molar-refractivity contribution in [3.05, 3.63) is 71.0 Å². The molecule has 0 bridgehead atoms. The van der Waals surface area contributed by atoms with Crippen molar-refractivity contribution in [2.75, 3.05) is 5.32 Å². The summed E-state index contributed by atoms with van der Waals surface area (Å²) in [5.41, 5.74) is 5.68. The summed E-state index contributed by atoms with van der Waals surface area (Å²) < 4.78 is 2.19. The molecule has 6 heteroatoms. The van der Waals surface area contributed by atoms with E-state index in [4.69, 9.17) is 33.2 Å². The van der Waals surface area contributed by atoms with Crippen molar-refractivity contribution >= 4 is 67.4 Å². The maximum Gasteiger partial charge on any atom is 0.0999 e. The van der Waals surface area contributed by atoms with Crippen LogP contribution in [0.3, 0.4) is 0 Å². The highest BCUT2D eigenvalue weighted by molar-refractivity contribution is 6.32. The Balaban J connectivity index is 1.85. The molecule has 2 aromatic heterocycles. The van der Waals surface area contributed by atoms with E-state index >= 15 is 0 Å². The van der Waals surface area contributed by atoms with Crippen LogP contribution in [0.4, 0.5) is 11.4 Å². The molecule has 1 N–H and O–H groups in total. The summed E-state index contributed by atoms with van der Waals surface area (Å²) in [4.78, 5) is 9.61. The van der Waals surface area contributed by atoms with Crippen molar-refractivity contribution in [1.82, 2.24) is 14.5 Å². The zero-order chi connectivity index (χ0) is 20.0. The average Bonchev–Trinajstić information content (AvgIpc) is 3.12. The van der Waals surface area contributed by atoms with E-state index < -0.39 is 0 Å². The summed E-state index contributed by atoms with van der Waals surface area (Å²) >= 11 is 12.3. The number of hydrogen-bond donors (Lipinski definition) is 1. The van der Waals surface area contributed by atoms with Crippen LogP contribution in [0, 0.1) is 0 Å². The fourth-order valence-corrected chi connectivity index (χ4v) is 4.05. The van der Waals surface area contributed by atoms with Crippen LogP contribution in [0.5, 0.6) is 0 Å². The smallest absolute Gasteiger partial charge is 0.0999 e. The third-order valence-corrected chi connectivity index (χ3v) is 5.56. The number of nitrogens with zero attached hydrogens (tertiary/aromatic N) is 3. The molecule has 2 heterocycles. The summed E-state index contributed by atoms with van der Waals surface area (Å²) in [6.45, 7) is 3.10. The normalized spacial score (nSPS) is 11.6. The number of aryl methyl sites for hydroxylation is 1. The molecule has 0 unspecified atom stereocenters. The van der Waals surface area contributed by atoms with Gasteiger partial charge in [0.25, 0.3) is 0 Å². The van der Waals surface area contributed by atoms with Crippen LogP contribution in [0.2, 0.25) is 10.0 Å². The quantitative estimate of drug-likeness (QED) is 0.312. The summed E-state index contributed by atoms with van der Waals surface area (Å²) in [6.07, 6.45) is 2.96. The minimum Gasteiger partial charge on any atom is -0.354 e. The zero-order valence-corrected chi connectivity index (χ0v) is 17.3. The number of anilines is 2. The van der Waals surface area contributed by atoms with Gasteiger partial charge in [-0.25, -0.2) is 9.97 Å². The lowest BCUT2D eigenvalue weighted by atomic mass is 10.1. The van der Waals surface area contributed by atoms with Crippen molar-refractivity contribution in [3.8, 4) is 0 Å².